The predicted molar refractivity (Wildman–Crippen MR) is 103 cm³/mol. The molecular formula is C21H24N4O2. The van der Waals surface area contributed by atoms with Gasteiger partial charge in [0.25, 0.3) is 5.91 Å². The van der Waals surface area contributed by atoms with Crippen LogP contribution in [0.3, 0.4) is 0 Å². The van der Waals surface area contributed by atoms with E-state index < -0.39 is 0 Å². The Morgan fingerprint density at radius 2 is 2.15 bits per heavy atom. The van der Waals surface area contributed by atoms with Crippen LogP contribution in [0.25, 0.3) is 11.1 Å². The van der Waals surface area contributed by atoms with Gasteiger partial charge in [0, 0.05) is 42.8 Å². The van der Waals surface area contributed by atoms with Crippen molar-refractivity contribution in [1.82, 2.24) is 20.3 Å². The van der Waals surface area contributed by atoms with Crippen molar-refractivity contribution in [2.75, 3.05) is 13.1 Å². The number of rotatable bonds is 4. The Labute approximate surface area is 158 Å². The molecule has 1 amide bonds. The molecule has 1 N–H and O–H groups in total. The first-order chi connectivity index (χ1) is 13.2. The highest BCUT2D eigenvalue weighted by Gasteiger charge is 2.29. The van der Waals surface area contributed by atoms with Gasteiger partial charge in [0.1, 0.15) is 5.76 Å². The summed E-state index contributed by atoms with van der Waals surface area (Å²) in [6.45, 7) is 5.47. The van der Waals surface area contributed by atoms with E-state index in [1.165, 1.54) is 5.56 Å². The van der Waals surface area contributed by atoms with Crippen LogP contribution in [-0.4, -0.2) is 39.3 Å². The second kappa shape index (κ2) is 7.39. The van der Waals surface area contributed by atoms with Crippen LogP contribution in [0, 0.1) is 6.92 Å². The molecule has 0 aliphatic carbocycles. The topological polar surface area (TPSA) is 75.0 Å². The monoisotopic (exact) mass is 364 g/mol. The zero-order valence-corrected chi connectivity index (χ0v) is 15.7. The summed E-state index contributed by atoms with van der Waals surface area (Å²) in [5.74, 6) is 0.917. The SMILES string of the molecule is CCc1cc(C(=O)N2CCC[C@@H](c3[nH]ncc3-c3ccc(C)cc3)C2)no1. The second-order valence-electron chi connectivity index (χ2n) is 7.19. The largest absolute Gasteiger partial charge is 0.361 e. The summed E-state index contributed by atoms with van der Waals surface area (Å²) < 4.78 is 5.20. The quantitative estimate of drug-likeness (QED) is 0.760. The van der Waals surface area contributed by atoms with E-state index >= 15 is 0 Å². The van der Waals surface area contributed by atoms with Crippen molar-refractivity contribution in [3.05, 3.63) is 59.2 Å². The predicted octanol–water partition coefficient (Wildman–Crippen LogP) is 3.96. The summed E-state index contributed by atoms with van der Waals surface area (Å²) in [4.78, 5) is 14.7. The van der Waals surface area contributed by atoms with Crippen LogP contribution >= 0.6 is 0 Å². The van der Waals surface area contributed by atoms with Crippen molar-refractivity contribution < 1.29 is 9.32 Å². The van der Waals surface area contributed by atoms with Gasteiger partial charge in [0.2, 0.25) is 0 Å². The summed E-state index contributed by atoms with van der Waals surface area (Å²) in [6, 6.07) is 10.2. The maximum absolute atomic E-state index is 12.8. The number of hydrogen-bond acceptors (Lipinski definition) is 4. The number of hydrogen-bond donors (Lipinski definition) is 1. The van der Waals surface area contributed by atoms with Crippen molar-refractivity contribution in [3.8, 4) is 11.1 Å². The van der Waals surface area contributed by atoms with Gasteiger partial charge in [0.15, 0.2) is 5.69 Å². The average Bonchev–Trinajstić information content (AvgIpc) is 3.38. The lowest BCUT2D eigenvalue weighted by Crippen LogP contribution is -2.39. The van der Waals surface area contributed by atoms with Crippen molar-refractivity contribution in [2.24, 2.45) is 0 Å². The number of piperidine rings is 1. The molecule has 6 nitrogen and oxygen atoms in total. The van der Waals surface area contributed by atoms with Gasteiger partial charge in [-0.2, -0.15) is 5.10 Å². The molecule has 1 aliphatic heterocycles. The first-order valence-corrected chi connectivity index (χ1v) is 9.51. The van der Waals surface area contributed by atoms with E-state index in [1.54, 1.807) is 6.07 Å². The molecule has 3 aromatic rings. The number of likely N-dealkylation sites (tertiary alicyclic amines) is 1. The minimum Gasteiger partial charge on any atom is -0.361 e. The number of nitrogens with one attached hydrogen (secondary N) is 1. The van der Waals surface area contributed by atoms with Gasteiger partial charge in [0.05, 0.1) is 6.20 Å². The highest BCUT2D eigenvalue weighted by atomic mass is 16.5. The number of benzene rings is 1. The minimum absolute atomic E-state index is 0.0560. The molecule has 0 radical (unpaired) electrons. The molecular weight excluding hydrogens is 340 g/mol. The van der Waals surface area contributed by atoms with Crippen LogP contribution in [0.5, 0.6) is 0 Å². The molecule has 4 rings (SSSR count). The molecule has 0 bridgehead atoms. The third-order valence-corrected chi connectivity index (χ3v) is 5.27. The lowest BCUT2D eigenvalue weighted by molar-refractivity contribution is 0.0695. The first-order valence-electron chi connectivity index (χ1n) is 9.51. The number of nitrogens with zero attached hydrogens (tertiary/aromatic N) is 3. The van der Waals surface area contributed by atoms with Crippen LogP contribution in [0.4, 0.5) is 0 Å². The first kappa shape index (κ1) is 17.5. The Balaban J connectivity index is 1.54. The fourth-order valence-corrected chi connectivity index (χ4v) is 3.71. The fraction of sp³-hybridized carbons (Fsp3) is 0.381. The second-order valence-corrected chi connectivity index (χ2v) is 7.19. The molecule has 27 heavy (non-hydrogen) atoms. The number of amides is 1. The molecule has 0 saturated carbocycles. The molecule has 1 aliphatic rings. The Bertz CT molecular complexity index is 926. The Kier molecular flexibility index (Phi) is 4.79. The summed E-state index contributed by atoms with van der Waals surface area (Å²) in [5.41, 5.74) is 5.00. The van der Waals surface area contributed by atoms with Crippen LogP contribution in [0.2, 0.25) is 0 Å². The van der Waals surface area contributed by atoms with E-state index in [2.05, 4.69) is 46.5 Å². The van der Waals surface area contributed by atoms with Gasteiger partial charge >= 0.3 is 0 Å². The maximum Gasteiger partial charge on any atom is 0.276 e. The van der Waals surface area contributed by atoms with Crippen molar-refractivity contribution in [3.63, 3.8) is 0 Å². The molecule has 0 unspecified atom stereocenters. The molecule has 1 saturated heterocycles. The van der Waals surface area contributed by atoms with Crippen LogP contribution in [0.15, 0.2) is 41.1 Å². The molecule has 6 heteroatoms. The van der Waals surface area contributed by atoms with Crippen molar-refractivity contribution in [2.45, 2.75) is 39.0 Å². The number of carbonyl (C=O) groups excluding carboxylic acids is 1. The third kappa shape index (κ3) is 3.52. The summed E-state index contributed by atoms with van der Waals surface area (Å²) in [5, 5.41) is 11.4. The van der Waals surface area contributed by atoms with E-state index in [0.29, 0.717) is 12.2 Å². The fourth-order valence-electron chi connectivity index (χ4n) is 3.71. The molecule has 0 spiro atoms. The molecule has 1 aromatic carbocycles. The van der Waals surface area contributed by atoms with Crippen molar-refractivity contribution >= 4 is 5.91 Å². The number of H-pyrrole nitrogens is 1. The van der Waals surface area contributed by atoms with Crippen LogP contribution in [0.1, 0.15) is 53.2 Å². The lowest BCUT2D eigenvalue weighted by Gasteiger charge is -2.32. The van der Waals surface area contributed by atoms with E-state index in [9.17, 15) is 4.79 Å². The van der Waals surface area contributed by atoms with Gasteiger partial charge in [-0.3, -0.25) is 9.89 Å². The molecule has 2 aromatic heterocycles. The van der Waals surface area contributed by atoms with E-state index in [0.717, 1.165) is 48.4 Å². The summed E-state index contributed by atoms with van der Waals surface area (Å²) >= 11 is 0. The van der Waals surface area contributed by atoms with Crippen LogP contribution < -0.4 is 0 Å². The number of aryl methyl sites for hydroxylation is 2. The van der Waals surface area contributed by atoms with Gasteiger partial charge < -0.3 is 9.42 Å². The minimum atomic E-state index is -0.0560. The van der Waals surface area contributed by atoms with Crippen molar-refractivity contribution in [1.29, 1.82) is 0 Å². The zero-order chi connectivity index (χ0) is 18.8. The maximum atomic E-state index is 12.8. The van der Waals surface area contributed by atoms with E-state index in [1.807, 2.05) is 18.0 Å². The number of aromatic amines is 1. The van der Waals surface area contributed by atoms with Gasteiger partial charge in [-0.05, 0) is 25.3 Å². The highest BCUT2D eigenvalue weighted by Crippen LogP contribution is 2.33. The summed E-state index contributed by atoms with van der Waals surface area (Å²) in [6.07, 6.45) is 4.61. The smallest absolute Gasteiger partial charge is 0.276 e. The number of aromatic nitrogens is 3. The Morgan fingerprint density at radius 1 is 1.33 bits per heavy atom. The standard InChI is InChI=1S/C21H24N4O2/c1-3-17-11-19(24-27-17)21(26)25-10-4-5-16(13-25)20-18(12-22-23-20)15-8-6-14(2)7-9-15/h6-9,11-12,16H,3-5,10,13H2,1-2H3,(H,22,23)/t16-/m1/s1. The normalized spacial score (nSPS) is 17.3. The Morgan fingerprint density at radius 3 is 2.89 bits per heavy atom. The van der Waals surface area contributed by atoms with Gasteiger partial charge in [-0.25, -0.2) is 0 Å². The lowest BCUT2D eigenvalue weighted by atomic mass is 9.90. The number of carbonyl (C=O) groups is 1. The molecule has 1 fully saturated rings. The molecule has 1 atom stereocenters. The molecule has 140 valence electrons. The van der Waals surface area contributed by atoms with E-state index in [-0.39, 0.29) is 11.8 Å². The van der Waals surface area contributed by atoms with Gasteiger partial charge in [-0.15, -0.1) is 0 Å². The zero-order valence-electron chi connectivity index (χ0n) is 15.7. The molecule has 3 heterocycles. The van der Waals surface area contributed by atoms with E-state index in [4.69, 9.17) is 4.52 Å². The third-order valence-electron chi connectivity index (χ3n) is 5.27. The van der Waals surface area contributed by atoms with Crippen LogP contribution in [-0.2, 0) is 6.42 Å². The average molecular weight is 364 g/mol. The van der Waals surface area contributed by atoms with Gasteiger partial charge in [-0.1, -0.05) is 41.9 Å². The Hall–Kier alpha value is -2.89. The summed E-state index contributed by atoms with van der Waals surface area (Å²) in [7, 11) is 0. The highest BCUT2D eigenvalue weighted by molar-refractivity contribution is 5.92.